The van der Waals surface area contributed by atoms with E-state index in [1.165, 1.54) is 14.2 Å². The minimum absolute atomic E-state index is 0.0152. The number of esters is 1. The quantitative estimate of drug-likeness (QED) is 0.625. The standard InChI is InChI=1S/C18H12O6/c1-21-9-3-5-11-13(7-9)16(24-18(11)20)17-15(19)12-6-4-10(22-2)8-14(12)23-17/h3-8H,1-2H3/b17-16+. The molecular formula is C18H12O6. The minimum Gasteiger partial charge on any atom is -0.497 e. The van der Waals surface area contributed by atoms with Crippen LogP contribution in [0.2, 0.25) is 0 Å². The van der Waals surface area contributed by atoms with E-state index in [0.717, 1.165) is 0 Å². The Morgan fingerprint density at radius 1 is 0.750 bits per heavy atom. The van der Waals surface area contributed by atoms with E-state index in [0.29, 0.717) is 33.9 Å². The van der Waals surface area contributed by atoms with Gasteiger partial charge in [-0.25, -0.2) is 4.79 Å². The predicted molar refractivity (Wildman–Crippen MR) is 83.3 cm³/mol. The highest BCUT2D eigenvalue weighted by Crippen LogP contribution is 2.41. The van der Waals surface area contributed by atoms with Crippen LogP contribution in [0, 0.1) is 0 Å². The van der Waals surface area contributed by atoms with Crippen molar-refractivity contribution in [3.8, 4) is 17.2 Å². The molecule has 0 bridgehead atoms. The van der Waals surface area contributed by atoms with Gasteiger partial charge in [0.25, 0.3) is 0 Å². The highest BCUT2D eigenvalue weighted by Gasteiger charge is 2.38. The van der Waals surface area contributed by atoms with Gasteiger partial charge in [0.1, 0.15) is 17.2 Å². The van der Waals surface area contributed by atoms with Crippen molar-refractivity contribution in [3.63, 3.8) is 0 Å². The molecule has 120 valence electrons. The lowest BCUT2D eigenvalue weighted by Crippen LogP contribution is -2.03. The van der Waals surface area contributed by atoms with E-state index in [-0.39, 0.29) is 17.3 Å². The van der Waals surface area contributed by atoms with Gasteiger partial charge in [-0.05, 0) is 30.3 Å². The fraction of sp³-hybridized carbons (Fsp3) is 0.111. The second-order valence-electron chi connectivity index (χ2n) is 5.25. The summed E-state index contributed by atoms with van der Waals surface area (Å²) in [7, 11) is 3.05. The summed E-state index contributed by atoms with van der Waals surface area (Å²) in [5.41, 5.74) is 1.23. The molecule has 0 aromatic heterocycles. The van der Waals surface area contributed by atoms with E-state index in [1.54, 1.807) is 36.4 Å². The number of allylic oxidation sites excluding steroid dienone is 1. The van der Waals surface area contributed by atoms with Crippen molar-refractivity contribution in [3.05, 3.63) is 58.8 Å². The summed E-state index contributed by atoms with van der Waals surface area (Å²) < 4.78 is 21.2. The number of benzene rings is 2. The number of carbonyl (C=O) groups is 2. The third-order valence-corrected chi connectivity index (χ3v) is 3.94. The molecule has 4 rings (SSSR count). The molecule has 0 N–H and O–H groups in total. The zero-order chi connectivity index (χ0) is 16.8. The maximum Gasteiger partial charge on any atom is 0.344 e. The van der Waals surface area contributed by atoms with Crippen LogP contribution >= 0.6 is 0 Å². The Morgan fingerprint density at radius 3 is 2.12 bits per heavy atom. The molecule has 0 saturated carbocycles. The zero-order valence-electron chi connectivity index (χ0n) is 12.9. The van der Waals surface area contributed by atoms with Crippen LogP contribution in [0.15, 0.2) is 42.2 Å². The molecule has 0 spiro atoms. The number of hydrogen-bond donors (Lipinski definition) is 0. The molecule has 0 fully saturated rings. The first kappa shape index (κ1) is 14.3. The fourth-order valence-electron chi connectivity index (χ4n) is 2.72. The lowest BCUT2D eigenvalue weighted by molar-refractivity contribution is 0.0710. The van der Waals surface area contributed by atoms with Crippen LogP contribution < -0.4 is 14.2 Å². The smallest absolute Gasteiger partial charge is 0.344 e. The Bertz CT molecular complexity index is 925. The second-order valence-corrected chi connectivity index (χ2v) is 5.25. The van der Waals surface area contributed by atoms with Crippen molar-refractivity contribution in [2.24, 2.45) is 0 Å². The molecule has 0 unspecified atom stereocenters. The Morgan fingerprint density at radius 2 is 1.42 bits per heavy atom. The van der Waals surface area contributed by atoms with Gasteiger partial charge >= 0.3 is 5.97 Å². The number of Topliss-reactive ketones (excluding diaryl/α,β-unsaturated/α-hetero) is 1. The molecule has 2 heterocycles. The average molecular weight is 324 g/mol. The second kappa shape index (κ2) is 5.13. The zero-order valence-corrected chi connectivity index (χ0v) is 12.9. The number of rotatable bonds is 2. The van der Waals surface area contributed by atoms with Crippen LogP contribution in [-0.4, -0.2) is 26.0 Å². The summed E-state index contributed by atoms with van der Waals surface area (Å²) in [5.74, 6) is 0.709. The number of ether oxygens (including phenoxy) is 4. The van der Waals surface area contributed by atoms with E-state index >= 15 is 0 Å². The Balaban J connectivity index is 1.85. The lowest BCUT2D eigenvalue weighted by Gasteiger charge is -2.05. The van der Waals surface area contributed by atoms with Crippen LogP contribution in [0.5, 0.6) is 17.2 Å². The first-order chi connectivity index (χ1) is 11.6. The molecule has 0 amide bonds. The first-order valence-electron chi connectivity index (χ1n) is 7.18. The Labute approximate surface area is 137 Å². The minimum atomic E-state index is -0.528. The van der Waals surface area contributed by atoms with Crippen LogP contribution in [-0.2, 0) is 4.74 Å². The van der Waals surface area contributed by atoms with Gasteiger partial charge < -0.3 is 18.9 Å². The molecule has 6 heteroatoms. The molecule has 0 radical (unpaired) electrons. The van der Waals surface area contributed by atoms with Crippen LogP contribution in [0.1, 0.15) is 26.3 Å². The maximum atomic E-state index is 12.6. The fourth-order valence-corrected chi connectivity index (χ4v) is 2.72. The van der Waals surface area contributed by atoms with Gasteiger partial charge in [0, 0.05) is 11.6 Å². The summed E-state index contributed by atoms with van der Waals surface area (Å²) >= 11 is 0. The van der Waals surface area contributed by atoms with Gasteiger partial charge in [-0.1, -0.05) is 0 Å². The number of methoxy groups -OCH3 is 2. The molecule has 2 aromatic carbocycles. The van der Waals surface area contributed by atoms with Crippen molar-refractivity contribution < 1.29 is 28.5 Å². The van der Waals surface area contributed by atoms with Crippen molar-refractivity contribution in [2.45, 2.75) is 0 Å². The first-order valence-corrected chi connectivity index (χ1v) is 7.18. The highest BCUT2D eigenvalue weighted by molar-refractivity contribution is 6.18. The molecule has 2 aliphatic rings. The number of carbonyl (C=O) groups excluding carboxylic acids is 2. The average Bonchev–Trinajstić information content (AvgIpc) is 3.11. The summed E-state index contributed by atoms with van der Waals surface area (Å²) in [4.78, 5) is 24.6. The summed E-state index contributed by atoms with van der Waals surface area (Å²) in [6.07, 6.45) is 0. The normalized spacial score (nSPS) is 17.9. The Kier molecular flexibility index (Phi) is 3.06. The molecule has 0 atom stereocenters. The van der Waals surface area contributed by atoms with E-state index < -0.39 is 5.97 Å². The van der Waals surface area contributed by atoms with E-state index in [9.17, 15) is 9.59 Å². The number of fused-ring (bicyclic) bond motifs is 2. The summed E-state index contributed by atoms with van der Waals surface area (Å²) in [6, 6.07) is 9.80. The van der Waals surface area contributed by atoms with Crippen molar-refractivity contribution in [2.75, 3.05) is 14.2 Å². The van der Waals surface area contributed by atoms with E-state index in [2.05, 4.69) is 0 Å². The molecule has 24 heavy (non-hydrogen) atoms. The molecular weight excluding hydrogens is 312 g/mol. The van der Waals surface area contributed by atoms with Gasteiger partial charge in [-0.3, -0.25) is 4.79 Å². The third kappa shape index (κ3) is 1.96. The van der Waals surface area contributed by atoms with Crippen molar-refractivity contribution >= 4 is 17.5 Å². The summed E-state index contributed by atoms with van der Waals surface area (Å²) in [5, 5.41) is 0. The summed E-state index contributed by atoms with van der Waals surface area (Å²) in [6.45, 7) is 0. The van der Waals surface area contributed by atoms with E-state index in [1.807, 2.05) is 0 Å². The molecule has 6 nitrogen and oxygen atoms in total. The van der Waals surface area contributed by atoms with Gasteiger partial charge in [-0.15, -0.1) is 0 Å². The van der Waals surface area contributed by atoms with Gasteiger partial charge in [0.05, 0.1) is 25.3 Å². The van der Waals surface area contributed by atoms with Crippen molar-refractivity contribution in [1.82, 2.24) is 0 Å². The number of hydrogen-bond acceptors (Lipinski definition) is 6. The van der Waals surface area contributed by atoms with Crippen LogP contribution in [0.25, 0.3) is 5.76 Å². The van der Waals surface area contributed by atoms with E-state index in [4.69, 9.17) is 18.9 Å². The molecule has 0 saturated heterocycles. The number of cyclic esters (lactones) is 1. The largest absolute Gasteiger partial charge is 0.497 e. The van der Waals surface area contributed by atoms with Gasteiger partial charge in [0.2, 0.25) is 11.5 Å². The molecule has 2 aromatic rings. The van der Waals surface area contributed by atoms with Crippen LogP contribution in [0.3, 0.4) is 0 Å². The monoisotopic (exact) mass is 324 g/mol. The van der Waals surface area contributed by atoms with Crippen LogP contribution in [0.4, 0.5) is 0 Å². The third-order valence-electron chi connectivity index (χ3n) is 3.94. The SMILES string of the molecule is COc1ccc2c(c1)O/C(=C1/OC(=O)c3ccc(OC)cc31)C2=O. The topological polar surface area (TPSA) is 71.1 Å². The van der Waals surface area contributed by atoms with Gasteiger partial charge in [0.15, 0.2) is 5.76 Å². The molecule has 2 aliphatic heterocycles. The predicted octanol–water partition coefficient (Wildman–Crippen LogP) is 2.82. The highest BCUT2D eigenvalue weighted by atomic mass is 16.6. The Hall–Kier alpha value is -3.28. The lowest BCUT2D eigenvalue weighted by atomic mass is 10.0. The van der Waals surface area contributed by atoms with Crippen molar-refractivity contribution in [1.29, 1.82) is 0 Å². The van der Waals surface area contributed by atoms with Gasteiger partial charge in [-0.2, -0.15) is 0 Å². The number of ketones is 1. The molecule has 0 aliphatic carbocycles. The maximum absolute atomic E-state index is 12.6.